The van der Waals surface area contributed by atoms with Crippen LogP contribution < -0.4 is 0 Å². The molecular formula is C18H11ClN2. The Bertz CT molecular complexity index is 742. The molecule has 3 heteroatoms. The van der Waals surface area contributed by atoms with E-state index in [-0.39, 0.29) is 5.57 Å². The molecule has 0 saturated heterocycles. The van der Waals surface area contributed by atoms with Crippen LogP contribution in [0.4, 0.5) is 0 Å². The molecule has 0 heterocycles. The molecule has 0 radical (unpaired) electrons. The number of rotatable bonds is 3. The molecule has 0 fully saturated rings. The van der Waals surface area contributed by atoms with Crippen molar-refractivity contribution in [3.05, 3.63) is 82.4 Å². The summed E-state index contributed by atoms with van der Waals surface area (Å²) in [6.45, 7) is 0. The van der Waals surface area contributed by atoms with E-state index in [0.29, 0.717) is 10.6 Å². The van der Waals surface area contributed by atoms with Gasteiger partial charge in [0.15, 0.2) is 0 Å². The van der Waals surface area contributed by atoms with Crippen molar-refractivity contribution in [2.24, 2.45) is 0 Å². The number of hydrogen-bond donors (Lipinski definition) is 0. The van der Waals surface area contributed by atoms with Gasteiger partial charge in [-0.25, -0.2) is 0 Å². The predicted molar refractivity (Wildman–Crippen MR) is 85.1 cm³/mol. The molecular weight excluding hydrogens is 280 g/mol. The average Bonchev–Trinajstić information content (AvgIpc) is 2.53. The van der Waals surface area contributed by atoms with E-state index in [1.165, 1.54) is 0 Å². The molecule has 0 spiro atoms. The van der Waals surface area contributed by atoms with Crippen LogP contribution in [0.2, 0.25) is 5.02 Å². The third-order valence-electron chi connectivity index (χ3n) is 2.89. The third-order valence-corrected chi connectivity index (χ3v) is 3.14. The Balaban J connectivity index is 2.47. The second kappa shape index (κ2) is 7.10. The fourth-order valence-corrected chi connectivity index (χ4v) is 1.97. The first-order valence-corrected chi connectivity index (χ1v) is 6.66. The van der Waals surface area contributed by atoms with E-state index >= 15 is 0 Å². The van der Waals surface area contributed by atoms with Crippen molar-refractivity contribution in [1.82, 2.24) is 0 Å². The summed E-state index contributed by atoms with van der Waals surface area (Å²) in [5, 5.41) is 18.9. The van der Waals surface area contributed by atoms with E-state index in [0.717, 1.165) is 11.1 Å². The smallest absolute Gasteiger partial charge is 0.137 e. The van der Waals surface area contributed by atoms with E-state index in [4.69, 9.17) is 22.1 Å². The van der Waals surface area contributed by atoms with Gasteiger partial charge in [0, 0.05) is 10.6 Å². The van der Waals surface area contributed by atoms with E-state index in [1.807, 2.05) is 48.5 Å². The van der Waals surface area contributed by atoms with Crippen molar-refractivity contribution in [3.8, 4) is 12.1 Å². The topological polar surface area (TPSA) is 47.6 Å². The number of hydrogen-bond acceptors (Lipinski definition) is 2. The lowest BCUT2D eigenvalue weighted by Crippen LogP contribution is -1.86. The lowest BCUT2D eigenvalue weighted by atomic mass is 9.99. The van der Waals surface area contributed by atoms with Crippen LogP contribution >= 0.6 is 11.6 Å². The van der Waals surface area contributed by atoms with Gasteiger partial charge in [-0.15, -0.1) is 0 Å². The lowest BCUT2D eigenvalue weighted by Gasteiger charge is -2.03. The predicted octanol–water partition coefficient (Wildman–Crippen LogP) is 4.85. The average molecular weight is 291 g/mol. The Hall–Kier alpha value is -2.81. The number of allylic oxidation sites excluding steroid dienone is 3. The molecule has 0 saturated carbocycles. The molecule has 2 aromatic carbocycles. The van der Waals surface area contributed by atoms with Crippen molar-refractivity contribution in [3.63, 3.8) is 0 Å². The van der Waals surface area contributed by atoms with Crippen molar-refractivity contribution < 1.29 is 0 Å². The summed E-state index contributed by atoms with van der Waals surface area (Å²) in [5.74, 6) is 0. The minimum absolute atomic E-state index is 0.0736. The molecule has 0 aliphatic heterocycles. The van der Waals surface area contributed by atoms with E-state index in [9.17, 15) is 0 Å². The third kappa shape index (κ3) is 3.83. The molecule has 0 unspecified atom stereocenters. The fourth-order valence-electron chi connectivity index (χ4n) is 1.84. The maximum absolute atomic E-state index is 9.12. The number of benzene rings is 2. The minimum atomic E-state index is 0.0736. The van der Waals surface area contributed by atoms with E-state index in [1.54, 1.807) is 30.3 Å². The summed E-state index contributed by atoms with van der Waals surface area (Å²) >= 11 is 5.87. The molecule has 0 aliphatic rings. The van der Waals surface area contributed by atoms with Gasteiger partial charge in [-0.05, 0) is 23.3 Å². The zero-order chi connectivity index (χ0) is 15.1. The van der Waals surface area contributed by atoms with Crippen LogP contribution in [-0.2, 0) is 0 Å². The normalized spacial score (nSPS) is 9.86. The molecule has 2 aromatic rings. The van der Waals surface area contributed by atoms with Gasteiger partial charge in [0.25, 0.3) is 0 Å². The molecule has 0 N–H and O–H groups in total. The summed E-state index contributed by atoms with van der Waals surface area (Å²) < 4.78 is 0. The van der Waals surface area contributed by atoms with Crippen LogP contribution in [0.5, 0.6) is 0 Å². The van der Waals surface area contributed by atoms with E-state index in [2.05, 4.69) is 0 Å². The Morgan fingerprint density at radius 3 is 2.10 bits per heavy atom. The molecule has 2 nitrogen and oxygen atoms in total. The summed E-state index contributed by atoms with van der Waals surface area (Å²) in [4.78, 5) is 0. The van der Waals surface area contributed by atoms with Gasteiger partial charge >= 0.3 is 0 Å². The Kier molecular flexibility index (Phi) is 4.94. The number of nitrogens with zero attached hydrogens (tertiary/aromatic N) is 2. The first-order chi connectivity index (χ1) is 10.2. The molecule has 0 bridgehead atoms. The maximum atomic E-state index is 9.12. The zero-order valence-corrected chi connectivity index (χ0v) is 11.9. The monoisotopic (exact) mass is 290 g/mol. The highest BCUT2D eigenvalue weighted by Gasteiger charge is 2.06. The lowest BCUT2D eigenvalue weighted by molar-refractivity contribution is 1.46. The summed E-state index contributed by atoms with van der Waals surface area (Å²) in [5.41, 5.74) is 2.44. The molecule has 0 aliphatic carbocycles. The summed E-state index contributed by atoms with van der Waals surface area (Å²) in [6.07, 6.45) is 3.65. The van der Waals surface area contributed by atoms with Crippen LogP contribution in [0.25, 0.3) is 11.6 Å². The van der Waals surface area contributed by atoms with Crippen LogP contribution in [0, 0.1) is 22.7 Å². The van der Waals surface area contributed by atoms with Crippen molar-refractivity contribution in [2.75, 3.05) is 0 Å². The van der Waals surface area contributed by atoms with Gasteiger partial charge in [-0.3, -0.25) is 0 Å². The highest BCUT2D eigenvalue weighted by Crippen LogP contribution is 2.23. The van der Waals surface area contributed by atoms with Gasteiger partial charge in [0.2, 0.25) is 0 Å². The molecule has 0 atom stereocenters. The summed E-state index contributed by atoms with van der Waals surface area (Å²) in [7, 11) is 0. The fraction of sp³-hybridized carbons (Fsp3) is 0. The van der Waals surface area contributed by atoms with Crippen molar-refractivity contribution >= 4 is 23.3 Å². The van der Waals surface area contributed by atoms with Crippen LogP contribution in [-0.4, -0.2) is 0 Å². The first-order valence-electron chi connectivity index (χ1n) is 6.28. The molecule has 2 rings (SSSR count). The van der Waals surface area contributed by atoms with Gasteiger partial charge in [0.1, 0.15) is 17.7 Å². The zero-order valence-electron chi connectivity index (χ0n) is 11.1. The van der Waals surface area contributed by atoms with Crippen LogP contribution in [0.1, 0.15) is 11.1 Å². The Morgan fingerprint density at radius 1 is 0.905 bits per heavy atom. The van der Waals surface area contributed by atoms with Crippen molar-refractivity contribution in [1.29, 1.82) is 10.5 Å². The Labute approximate surface area is 128 Å². The second-order valence-electron chi connectivity index (χ2n) is 4.26. The summed E-state index contributed by atoms with van der Waals surface area (Å²) in [6, 6.07) is 20.6. The Morgan fingerprint density at radius 2 is 1.52 bits per heavy atom. The highest BCUT2D eigenvalue weighted by molar-refractivity contribution is 6.30. The van der Waals surface area contributed by atoms with Gasteiger partial charge in [-0.2, -0.15) is 10.5 Å². The SMILES string of the molecule is N#CC(C#N)=C(/C=C\c1ccccc1)c1ccc(Cl)cc1. The van der Waals surface area contributed by atoms with Gasteiger partial charge < -0.3 is 0 Å². The molecule has 0 amide bonds. The van der Waals surface area contributed by atoms with E-state index < -0.39 is 0 Å². The van der Waals surface area contributed by atoms with Gasteiger partial charge in [0.05, 0.1) is 0 Å². The van der Waals surface area contributed by atoms with Crippen LogP contribution in [0.3, 0.4) is 0 Å². The second-order valence-corrected chi connectivity index (χ2v) is 4.70. The standard InChI is InChI=1S/C18H11ClN2/c19-17-9-7-15(8-10-17)18(16(12-20)13-21)11-6-14-4-2-1-3-5-14/h1-11H/b11-6-. The number of halogens is 1. The largest absolute Gasteiger partial charge is 0.192 e. The molecule has 100 valence electrons. The van der Waals surface area contributed by atoms with Crippen molar-refractivity contribution in [2.45, 2.75) is 0 Å². The van der Waals surface area contributed by atoms with Crippen LogP contribution in [0.15, 0.2) is 66.2 Å². The quantitative estimate of drug-likeness (QED) is 0.599. The minimum Gasteiger partial charge on any atom is -0.192 e. The molecule has 0 aromatic heterocycles. The first kappa shape index (κ1) is 14.6. The number of nitriles is 2. The molecule has 21 heavy (non-hydrogen) atoms. The highest BCUT2D eigenvalue weighted by atomic mass is 35.5. The van der Waals surface area contributed by atoms with Gasteiger partial charge in [-0.1, -0.05) is 66.2 Å². The maximum Gasteiger partial charge on any atom is 0.137 e.